The maximum absolute atomic E-state index is 13.4. The number of ketones is 1. The van der Waals surface area contributed by atoms with Crippen LogP contribution in [0.5, 0.6) is 0 Å². The number of nitrogens with zero attached hydrogens (tertiary/aromatic N) is 1. The Morgan fingerprint density at radius 3 is 2.26 bits per heavy atom. The zero-order chi connectivity index (χ0) is 22.2. The van der Waals surface area contributed by atoms with Crippen LogP contribution in [0.4, 0.5) is 0 Å². The number of aryl methyl sites for hydroxylation is 4. The molecule has 0 radical (unpaired) electrons. The number of aliphatic hydroxyl groups is 1. The molecule has 2 aromatic rings. The lowest BCUT2D eigenvalue weighted by Crippen LogP contribution is -2.28. The Morgan fingerprint density at radius 2 is 1.74 bits per heavy atom. The fraction of sp³-hybridized carbons (Fsp3) is 0.481. The van der Waals surface area contributed by atoms with Crippen LogP contribution in [0.3, 0.4) is 0 Å². The average Bonchev–Trinajstić information content (AvgIpc) is 3.54. The van der Waals surface area contributed by atoms with Gasteiger partial charge in [-0.15, -0.1) is 11.8 Å². The zero-order valence-corrected chi connectivity index (χ0v) is 19.9. The second-order valence-corrected chi connectivity index (χ2v) is 10.3. The van der Waals surface area contributed by atoms with Crippen molar-refractivity contribution in [2.45, 2.75) is 71.2 Å². The molecule has 1 aromatic heterocycles. The number of hydrogen-bond donors (Lipinski definition) is 1. The van der Waals surface area contributed by atoms with Crippen LogP contribution in [0.1, 0.15) is 67.3 Å². The normalized spacial score (nSPS) is 20.3. The van der Waals surface area contributed by atoms with E-state index in [0.717, 1.165) is 42.0 Å². The molecule has 0 bridgehead atoms. The third-order valence-electron chi connectivity index (χ3n) is 7.05. The number of aliphatic hydroxyl groups excluding tert-OH is 1. The molecule has 2 aliphatic rings. The van der Waals surface area contributed by atoms with Gasteiger partial charge in [-0.2, -0.15) is 0 Å². The van der Waals surface area contributed by atoms with E-state index in [1.807, 2.05) is 13.1 Å². The molecule has 1 aromatic carbocycles. The Hall–Kier alpha value is -2.07. The first-order valence-corrected chi connectivity index (χ1v) is 12.5. The highest BCUT2D eigenvalue weighted by Gasteiger charge is 2.51. The van der Waals surface area contributed by atoms with Gasteiger partial charge in [-0.25, -0.2) is 4.98 Å². The summed E-state index contributed by atoms with van der Waals surface area (Å²) in [6.45, 7) is 8.40. The number of allylic oxidation sites excluding steroid dienone is 2. The van der Waals surface area contributed by atoms with Gasteiger partial charge in [0.1, 0.15) is 5.76 Å². The molecule has 0 aliphatic heterocycles. The highest BCUT2D eigenvalue weighted by atomic mass is 32.2. The van der Waals surface area contributed by atoms with Gasteiger partial charge >= 0.3 is 0 Å². The molecular weight excluding hydrogens is 402 g/mol. The van der Waals surface area contributed by atoms with Gasteiger partial charge in [0.2, 0.25) is 0 Å². The number of pyridine rings is 1. The van der Waals surface area contributed by atoms with E-state index in [2.05, 4.69) is 50.0 Å². The van der Waals surface area contributed by atoms with Crippen LogP contribution in [0.25, 0.3) is 5.57 Å². The lowest BCUT2D eigenvalue weighted by molar-refractivity contribution is -0.115. The number of carbonyl (C=O) groups excluding carboxylic acids is 1. The molecule has 2 aliphatic carbocycles. The first kappa shape index (κ1) is 22.1. The molecule has 1 fully saturated rings. The van der Waals surface area contributed by atoms with E-state index in [0.29, 0.717) is 24.2 Å². The van der Waals surface area contributed by atoms with E-state index in [-0.39, 0.29) is 17.1 Å². The van der Waals surface area contributed by atoms with Crippen molar-refractivity contribution in [1.82, 2.24) is 4.98 Å². The number of rotatable bonds is 7. The molecular formula is C27H33NO2S. The van der Waals surface area contributed by atoms with E-state index in [1.54, 1.807) is 11.8 Å². The Balaban J connectivity index is 1.58. The second kappa shape index (κ2) is 8.82. The van der Waals surface area contributed by atoms with Crippen molar-refractivity contribution in [2.24, 2.45) is 11.3 Å². The number of carbonyl (C=O) groups is 1. The standard InChI is InChI=1S/C27H33NO2S/c1-5-19-11-18(4)12-20(6-2)25(19)26-22(29)13-21(14-23(26)30)27(9-10-27)16-31-24-8-7-17(3)15-28-24/h7-8,11-12,15,21,29H,5-6,9-10,13-14,16H2,1-4H3. The Morgan fingerprint density at radius 1 is 1.06 bits per heavy atom. The molecule has 1 unspecified atom stereocenters. The van der Waals surface area contributed by atoms with Crippen LogP contribution in [-0.2, 0) is 17.6 Å². The van der Waals surface area contributed by atoms with Gasteiger partial charge in [-0.05, 0) is 79.2 Å². The van der Waals surface area contributed by atoms with Gasteiger partial charge in [0.05, 0.1) is 10.6 Å². The van der Waals surface area contributed by atoms with Crippen LogP contribution >= 0.6 is 11.8 Å². The third kappa shape index (κ3) is 4.45. The van der Waals surface area contributed by atoms with Gasteiger partial charge in [0, 0.05) is 24.8 Å². The van der Waals surface area contributed by atoms with Crippen molar-refractivity contribution in [3.05, 3.63) is 64.0 Å². The molecule has 1 atom stereocenters. The molecule has 4 heteroatoms. The summed E-state index contributed by atoms with van der Waals surface area (Å²) in [4.78, 5) is 17.9. The summed E-state index contributed by atoms with van der Waals surface area (Å²) in [6.07, 6.45) is 7.06. The van der Waals surface area contributed by atoms with Crippen LogP contribution in [0.2, 0.25) is 0 Å². The third-order valence-corrected chi connectivity index (χ3v) is 8.30. The molecule has 164 valence electrons. The summed E-state index contributed by atoms with van der Waals surface area (Å²) in [7, 11) is 0. The highest BCUT2D eigenvalue weighted by Crippen LogP contribution is 2.59. The summed E-state index contributed by atoms with van der Waals surface area (Å²) >= 11 is 1.79. The Kier molecular flexibility index (Phi) is 6.30. The fourth-order valence-corrected chi connectivity index (χ4v) is 6.27. The largest absolute Gasteiger partial charge is 0.512 e. The summed E-state index contributed by atoms with van der Waals surface area (Å²) in [5.74, 6) is 1.61. The number of aromatic nitrogens is 1. The van der Waals surface area contributed by atoms with Crippen molar-refractivity contribution >= 4 is 23.1 Å². The minimum atomic E-state index is 0.117. The van der Waals surface area contributed by atoms with Crippen molar-refractivity contribution in [3.63, 3.8) is 0 Å². The summed E-state index contributed by atoms with van der Waals surface area (Å²) in [5, 5.41) is 12.2. The molecule has 1 N–H and O–H groups in total. The predicted molar refractivity (Wildman–Crippen MR) is 129 cm³/mol. The van der Waals surface area contributed by atoms with E-state index < -0.39 is 0 Å². The van der Waals surface area contributed by atoms with Gasteiger partial charge in [-0.3, -0.25) is 4.79 Å². The van der Waals surface area contributed by atoms with Gasteiger partial charge in [0.25, 0.3) is 0 Å². The molecule has 0 saturated heterocycles. The van der Waals surface area contributed by atoms with Crippen molar-refractivity contribution < 1.29 is 9.90 Å². The van der Waals surface area contributed by atoms with Crippen molar-refractivity contribution in [3.8, 4) is 0 Å². The maximum Gasteiger partial charge on any atom is 0.167 e. The minimum Gasteiger partial charge on any atom is -0.512 e. The number of thioether (sulfide) groups is 1. The number of benzene rings is 1. The second-order valence-electron chi connectivity index (χ2n) is 9.34. The van der Waals surface area contributed by atoms with Crippen LogP contribution in [0, 0.1) is 25.2 Å². The van der Waals surface area contributed by atoms with E-state index in [9.17, 15) is 9.90 Å². The quantitative estimate of drug-likeness (QED) is 0.495. The molecule has 1 heterocycles. The zero-order valence-electron chi connectivity index (χ0n) is 19.1. The highest BCUT2D eigenvalue weighted by molar-refractivity contribution is 7.99. The number of Topliss-reactive ketones (excluding diaryl/α,β-unsaturated/α-hetero) is 1. The maximum atomic E-state index is 13.4. The van der Waals surface area contributed by atoms with Gasteiger partial charge < -0.3 is 5.11 Å². The minimum absolute atomic E-state index is 0.117. The van der Waals surface area contributed by atoms with E-state index in [1.165, 1.54) is 22.3 Å². The van der Waals surface area contributed by atoms with Crippen LogP contribution in [0.15, 0.2) is 41.2 Å². The van der Waals surface area contributed by atoms with Crippen molar-refractivity contribution in [1.29, 1.82) is 0 Å². The molecule has 0 spiro atoms. The average molecular weight is 436 g/mol. The Bertz CT molecular complexity index is 993. The van der Waals surface area contributed by atoms with E-state index in [4.69, 9.17) is 0 Å². The Labute approximate surface area is 190 Å². The predicted octanol–water partition coefficient (Wildman–Crippen LogP) is 6.64. The van der Waals surface area contributed by atoms with Crippen molar-refractivity contribution in [2.75, 3.05) is 5.75 Å². The SMILES string of the molecule is CCc1cc(C)cc(CC)c1C1=C(O)CC(C2(CSc3ccc(C)cn3)CC2)CC1=O. The summed E-state index contributed by atoms with van der Waals surface area (Å²) in [5.41, 5.74) is 6.48. The molecule has 0 amide bonds. The summed E-state index contributed by atoms with van der Waals surface area (Å²) in [6, 6.07) is 8.51. The fourth-order valence-electron chi connectivity index (χ4n) is 5.02. The molecule has 4 rings (SSSR count). The smallest absolute Gasteiger partial charge is 0.167 e. The lowest BCUT2D eigenvalue weighted by Gasteiger charge is -2.31. The lowest BCUT2D eigenvalue weighted by atomic mass is 9.74. The van der Waals surface area contributed by atoms with Crippen LogP contribution < -0.4 is 0 Å². The molecule has 31 heavy (non-hydrogen) atoms. The number of hydrogen-bond acceptors (Lipinski definition) is 4. The van der Waals surface area contributed by atoms with Crippen LogP contribution in [-0.4, -0.2) is 21.6 Å². The van der Waals surface area contributed by atoms with E-state index >= 15 is 0 Å². The summed E-state index contributed by atoms with van der Waals surface area (Å²) < 4.78 is 0. The first-order chi connectivity index (χ1) is 14.9. The topological polar surface area (TPSA) is 50.2 Å². The molecule has 3 nitrogen and oxygen atoms in total. The van der Waals surface area contributed by atoms with Gasteiger partial charge in [-0.1, -0.05) is 37.6 Å². The monoisotopic (exact) mass is 435 g/mol. The first-order valence-electron chi connectivity index (χ1n) is 11.5. The molecule has 1 saturated carbocycles. The van der Waals surface area contributed by atoms with Gasteiger partial charge in [0.15, 0.2) is 5.78 Å².